The minimum Gasteiger partial charge on any atom is -0.438 e. The normalized spacial score (nSPS) is 10.1. The molecule has 0 spiro atoms. The van der Waals surface area contributed by atoms with Gasteiger partial charge < -0.3 is 10.5 Å². The average Bonchev–Trinajstić information content (AvgIpc) is 2.34. The Balaban J connectivity index is 2.34. The van der Waals surface area contributed by atoms with Gasteiger partial charge >= 0.3 is 0 Å². The van der Waals surface area contributed by atoms with E-state index in [1.165, 1.54) is 12.3 Å². The van der Waals surface area contributed by atoms with E-state index in [1.807, 2.05) is 0 Å². The summed E-state index contributed by atoms with van der Waals surface area (Å²) < 4.78 is 31.1. The molecule has 0 bridgehead atoms. The Morgan fingerprint density at radius 1 is 1.22 bits per heavy atom. The molecule has 0 radical (unpaired) electrons. The van der Waals surface area contributed by atoms with Gasteiger partial charge in [0.2, 0.25) is 5.88 Å². The van der Waals surface area contributed by atoms with Crippen LogP contribution in [-0.4, -0.2) is 9.97 Å². The summed E-state index contributed by atoms with van der Waals surface area (Å²) in [6.45, 7) is 0. The zero-order chi connectivity index (χ0) is 13.1. The molecule has 0 amide bonds. The number of aromatic nitrogens is 1. The van der Waals surface area contributed by atoms with Crippen LogP contribution in [0.4, 0.5) is 8.78 Å². The van der Waals surface area contributed by atoms with Crippen LogP contribution in [0, 0.1) is 11.6 Å². The van der Waals surface area contributed by atoms with Crippen molar-refractivity contribution in [3.05, 3.63) is 53.7 Å². The van der Waals surface area contributed by atoms with E-state index >= 15 is 0 Å². The van der Waals surface area contributed by atoms with E-state index < -0.39 is 11.6 Å². The maximum Gasteiger partial charge on any atom is 0.229 e. The van der Waals surface area contributed by atoms with Gasteiger partial charge in [0.05, 0.1) is 5.56 Å². The molecular formula is C12H8F2N2OS. The van der Waals surface area contributed by atoms with Crippen molar-refractivity contribution in [2.75, 3.05) is 0 Å². The number of halogens is 2. The predicted molar refractivity (Wildman–Crippen MR) is 66.6 cm³/mol. The third-order valence-corrected chi connectivity index (χ3v) is 2.36. The van der Waals surface area contributed by atoms with Crippen LogP contribution in [0.5, 0.6) is 11.6 Å². The molecule has 18 heavy (non-hydrogen) atoms. The van der Waals surface area contributed by atoms with Gasteiger partial charge in [0.25, 0.3) is 0 Å². The monoisotopic (exact) mass is 266 g/mol. The quantitative estimate of drug-likeness (QED) is 0.868. The minimum absolute atomic E-state index is 0.112. The first-order valence-electron chi connectivity index (χ1n) is 4.95. The first-order chi connectivity index (χ1) is 8.58. The van der Waals surface area contributed by atoms with E-state index in [4.69, 9.17) is 22.7 Å². The molecule has 0 saturated heterocycles. The van der Waals surface area contributed by atoms with Gasteiger partial charge in [-0.1, -0.05) is 12.2 Å². The van der Waals surface area contributed by atoms with Crippen LogP contribution < -0.4 is 10.5 Å². The molecule has 6 heteroatoms. The van der Waals surface area contributed by atoms with Gasteiger partial charge in [-0.25, -0.2) is 13.8 Å². The third kappa shape index (κ3) is 2.60. The van der Waals surface area contributed by atoms with Gasteiger partial charge in [-0.2, -0.15) is 0 Å². The van der Waals surface area contributed by atoms with Gasteiger partial charge in [-0.05, 0) is 24.3 Å². The topological polar surface area (TPSA) is 48.1 Å². The van der Waals surface area contributed by atoms with Crippen LogP contribution >= 0.6 is 12.2 Å². The molecule has 1 aromatic heterocycles. The van der Waals surface area contributed by atoms with Crippen LogP contribution in [0.3, 0.4) is 0 Å². The maximum absolute atomic E-state index is 13.0. The Morgan fingerprint density at radius 2 is 2.00 bits per heavy atom. The van der Waals surface area contributed by atoms with E-state index in [-0.39, 0.29) is 16.6 Å². The highest BCUT2D eigenvalue weighted by Crippen LogP contribution is 2.24. The second-order valence-electron chi connectivity index (χ2n) is 3.40. The molecule has 3 nitrogen and oxygen atoms in total. The summed E-state index contributed by atoms with van der Waals surface area (Å²) in [7, 11) is 0. The van der Waals surface area contributed by atoms with Crippen molar-refractivity contribution in [1.82, 2.24) is 4.98 Å². The fourth-order valence-electron chi connectivity index (χ4n) is 1.31. The number of thiocarbonyl (C=S) groups is 1. The lowest BCUT2D eigenvalue weighted by molar-refractivity contribution is 0.447. The molecule has 2 N–H and O–H groups in total. The number of rotatable bonds is 3. The molecule has 1 aromatic carbocycles. The molecule has 0 unspecified atom stereocenters. The Labute approximate surface area is 107 Å². The average molecular weight is 266 g/mol. The number of pyridine rings is 1. The highest BCUT2D eigenvalue weighted by atomic mass is 32.1. The molecule has 0 atom stereocenters. The van der Waals surface area contributed by atoms with Gasteiger partial charge in [-0.15, -0.1) is 0 Å². The largest absolute Gasteiger partial charge is 0.438 e. The van der Waals surface area contributed by atoms with E-state index in [1.54, 1.807) is 12.1 Å². The fourth-order valence-corrected chi connectivity index (χ4v) is 1.47. The van der Waals surface area contributed by atoms with Crippen LogP contribution in [0.25, 0.3) is 0 Å². The Hall–Kier alpha value is -2.08. The lowest BCUT2D eigenvalue weighted by Gasteiger charge is -2.08. The van der Waals surface area contributed by atoms with Crippen LogP contribution in [-0.2, 0) is 0 Å². The summed E-state index contributed by atoms with van der Waals surface area (Å²) in [5.41, 5.74) is 5.93. The van der Waals surface area contributed by atoms with Crippen molar-refractivity contribution in [2.24, 2.45) is 5.73 Å². The number of hydrogen-bond acceptors (Lipinski definition) is 3. The summed E-state index contributed by atoms with van der Waals surface area (Å²) >= 11 is 4.84. The van der Waals surface area contributed by atoms with E-state index in [2.05, 4.69) is 4.98 Å². The standard InChI is InChI=1S/C12H8F2N2OS/c13-9-4-3-7(6-10(9)14)17-12-8(11(15)18)2-1-5-16-12/h1-6H,(H2,15,18). The van der Waals surface area contributed by atoms with Crippen molar-refractivity contribution >= 4 is 17.2 Å². The lowest BCUT2D eigenvalue weighted by Crippen LogP contribution is -2.11. The molecule has 0 aliphatic rings. The molecule has 0 aliphatic carbocycles. The summed E-state index contributed by atoms with van der Waals surface area (Å²) in [6.07, 6.45) is 1.48. The number of hydrogen-bond donors (Lipinski definition) is 1. The third-order valence-electron chi connectivity index (χ3n) is 2.14. The molecule has 2 rings (SSSR count). The number of nitrogens with two attached hydrogens (primary N) is 1. The van der Waals surface area contributed by atoms with Crippen LogP contribution in [0.2, 0.25) is 0 Å². The summed E-state index contributed by atoms with van der Waals surface area (Å²) in [6, 6.07) is 6.45. The maximum atomic E-state index is 13.0. The Morgan fingerprint density at radius 3 is 2.67 bits per heavy atom. The smallest absolute Gasteiger partial charge is 0.229 e. The van der Waals surface area contributed by atoms with E-state index in [0.29, 0.717) is 5.56 Å². The zero-order valence-corrected chi connectivity index (χ0v) is 9.88. The fraction of sp³-hybridized carbons (Fsp3) is 0. The van der Waals surface area contributed by atoms with Crippen molar-refractivity contribution < 1.29 is 13.5 Å². The highest BCUT2D eigenvalue weighted by Gasteiger charge is 2.10. The molecule has 92 valence electrons. The van der Waals surface area contributed by atoms with Crippen LogP contribution in [0.1, 0.15) is 5.56 Å². The number of ether oxygens (including phenoxy) is 1. The first-order valence-corrected chi connectivity index (χ1v) is 5.36. The number of nitrogens with zero attached hydrogens (tertiary/aromatic N) is 1. The Bertz CT molecular complexity index is 604. The molecular weight excluding hydrogens is 258 g/mol. The predicted octanol–water partition coefficient (Wildman–Crippen LogP) is 2.79. The van der Waals surface area contributed by atoms with Crippen molar-refractivity contribution in [1.29, 1.82) is 0 Å². The van der Waals surface area contributed by atoms with Crippen molar-refractivity contribution in [3.63, 3.8) is 0 Å². The van der Waals surface area contributed by atoms with Crippen LogP contribution in [0.15, 0.2) is 36.5 Å². The molecule has 0 aliphatic heterocycles. The first kappa shape index (κ1) is 12.4. The second kappa shape index (κ2) is 5.05. The highest BCUT2D eigenvalue weighted by molar-refractivity contribution is 7.80. The summed E-state index contributed by atoms with van der Waals surface area (Å²) in [5, 5.41) is 0. The molecule has 1 heterocycles. The van der Waals surface area contributed by atoms with Crippen molar-refractivity contribution in [2.45, 2.75) is 0 Å². The molecule has 0 fully saturated rings. The summed E-state index contributed by atoms with van der Waals surface area (Å²) in [4.78, 5) is 4.05. The SMILES string of the molecule is NC(=S)c1cccnc1Oc1ccc(F)c(F)c1. The lowest BCUT2D eigenvalue weighted by atomic mass is 10.2. The van der Waals surface area contributed by atoms with E-state index in [9.17, 15) is 8.78 Å². The number of benzene rings is 1. The minimum atomic E-state index is -1.000. The molecule has 0 saturated carbocycles. The van der Waals surface area contributed by atoms with Gasteiger partial charge in [0.1, 0.15) is 10.7 Å². The van der Waals surface area contributed by atoms with E-state index in [0.717, 1.165) is 12.1 Å². The zero-order valence-electron chi connectivity index (χ0n) is 9.06. The molecule has 2 aromatic rings. The Kier molecular flexibility index (Phi) is 3.47. The van der Waals surface area contributed by atoms with Crippen molar-refractivity contribution in [3.8, 4) is 11.6 Å². The second-order valence-corrected chi connectivity index (χ2v) is 3.84. The summed E-state index contributed by atoms with van der Waals surface area (Å²) in [5.74, 6) is -1.68. The van der Waals surface area contributed by atoms with Gasteiger partial charge in [0.15, 0.2) is 11.6 Å². The van der Waals surface area contributed by atoms with Gasteiger partial charge in [0, 0.05) is 12.3 Å². The van der Waals surface area contributed by atoms with Gasteiger partial charge in [-0.3, -0.25) is 0 Å².